The lowest BCUT2D eigenvalue weighted by atomic mass is 10.0. The number of imidazole rings is 1. The van der Waals surface area contributed by atoms with Crippen molar-refractivity contribution in [3.05, 3.63) is 95.6 Å². The molecule has 206 valence electrons. The smallest absolute Gasteiger partial charge is 0.325 e. The first-order chi connectivity index (χ1) is 19.2. The molecule has 2 aromatic heterocycles. The molecule has 0 saturated heterocycles. The molecule has 4 aromatic rings. The molecule has 0 bridgehead atoms. The summed E-state index contributed by atoms with van der Waals surface area (Å²) in [6.45, 7) is 1.86. The van der Waals surface area contributed by atoms with Gasteiger partial charge < -0.3 is 25.4 Å². The zero-order chi connectivity index (χ0) is 28.6. The molecule has 4 N–H and O–H groups in total. The SMILES string of the molecule is CC(NC(=O)c1ccc2c(c1)nc(CC(NC(=O)CCC(=O)O)c1cccnc1)n2Cc1ccccc1)C(=O)O. The largest absolute Gasteiger partial charge is 0.481 e. The summed E-state index contributed by atoms with van der Waals surface area (Å²) in [7, 11) is 0. The Kier molecular flexibility index (Phi) is 8.85. The summed E-state index contributed by atoms with van der Waals surface area (Å²) in [5.74, 6) is -2.52. The van der Waals surface area contributed by atoms with Crippen LogP contribution in [0.25, 0.3) is 11.0 Å². The van der Waals surface area contributed by atoms with Gasteiger partial charge in [0, 0.05) is 37.3 Å². The number of pyridine rings is 1. The van der Waals surface area contributed by atoms with E-state index in [0.29, 0.717) is 17.9 Å². The van der Waals surface area contributed by atoms with Crippen LogP contribution in [0.3, 0.4) is 0 Å². The number of rotatable bonds is 12. The summed E-state index contributed by atoms with van der Waals surface area (Å²) in [4.78, 5) is 56.4. The van der Waals surface area contributed by atoms with Gasteiger partial charge in [-0.15, -0.1) is 0 Å². The van der Waals surface area contributed by atoms with E-state index in [9.17, 15) is 19.2 Å². The molecule has 0 radical (unpaired) electrons. The van der Waals surface area contributed by atoms with Crippen LogP contribution in [0.4, 0.5) is 0 Å². The number of hydrogen-bond acceptors (Lipinski definition) is 6. The van der Waals surface area contributed by atoms with E-state index in [1.807, 2.05) is 41.0 Å². The molecule has 0 fully saturated rings. The van der Waals surface area contributed by atoms with Crippen molar-refractivity contribution in [3.63, 3.8) is 0 Å². The molecule has 11 nitrogen and oxygen atoms in total. The van der Waals surface area contributed by atoms with Gasteiger partial charge in [-0.2, -0.15) is 0 Å². The number of fused-ring (bicyclic) bond motifs is 1. The number of carboxylic acids is 2. The van der Waals surface area contributed by atoms with Gasteiger partial charge in [0.1, 0.15) is 11.9 Å². The Bertz CT molecular complexity index is 1520. The van der Waals surface area contributed by atoms with Crippen LogP contribution in [0.1, 0.15) is 53.1 Å². The molecule has 0 aliphatic heterocycles. The summed E-state index contributed by atoms with van der Waals surface area (Å²) < 4.78 is 2.00. The second kappa shape index (κ2) is 12.7. The highest BCUT2D eigenvalue weighted by molar-refractivity contribution is 5.99. The van der Waals surface area contributed by atoms with E-state index >= 15 is 0 Å². The van der Waals surface area contributed by atoms with Crippen LogP contribution in [-0.4, -0.2) is 54.5 Å². The average Bonchev–Trinajstić information content (AvgIpc) is 3.28. The standard InChI is InChI=1S/C29H29N5O6/c1-18(29(39)40)31-28(38)20-9-10-24-23(14-20)32-25(34(24)17-19-6-3-2-4-7-19)15-22(21-8-5-13-30-16-21)33-26(35)11-12-27(36)37/h2-10,13-14,16,18,22H,11-12,15,17H2,1H3,(H,31,38)(H,33,35)(H,36,37)(H,39,40). The number of aromatic nitrogens is 3. The third-order valence-electron chi connectivity index (χ3n) is 6.37. The Hall–Kier alpha value is -5.06. The van der Waals surface area contributed by atoms with Crippen molar-refractivity contribution in [2.45, 2.75) is 44.8 Å². The molecule has 11 heteroatoms. The van der Waals surface area contributed by atoms with E-state index in [0.717, 1.165) is 16.6 Å². The number of carbonyl (C=O) groups is 4. The fourth-order valence-electron chi connectivity index (χ4n) is 4.26. The van der Waals surface area contributed by atoms with Crippen molar-refractivity contribution >= 4 is 34.8 Å². The van der Waals surface area contributed by atoms with Crippen molar-refractivity contribution in [1.29, 1.82) is 0 Å². The third kappa shape index (κ3) is 7.07. The number of benzene rings is 2. The summed E-state index contributed by atoms with van der Waals surface area (Å²) in [6, 6.07) is 16.7. The quantitative estimate of drug-likeness (QED) is 0.212. The number of nitrogens with zero attached hydrogens (tertiary/aromatic N) is 3. The number of aliphatic carboxylic acids is 2. The predicted molar refractivity (Wildman–Crippen MR) is 146 cm³/mol. The minimum Gasteiger partial charge on any atom is -0.481 e. The Balaban J connectivity index is 1.71. The number of carboxylic acid groups (broad SMARTS) is 2. The lowest BCUT2D eigenvalue weighted by Gasteiger charge is -2.20. The maximum absolute atomic E-state index is 12.7. The second-order valence-electron chi connectivity index (χ2n) is 9.34. The lowest BCUT2D eigenvalue weighted by Crippen LogP contribution is -2.38. The van der Waals surface area contributed by atoms with Gasteiger partial charge in [-0.1, -0.05) is 36.4 Å². The highest BCUT2D eigenvalue weighted by atomic mass is 16.4. The monoisotopic (exact) mass is 543 g/mol. The van der Waals surface area contributed by atoms with Crippen molar-refractivity contribution in [1.82, 2.24) is 25.2 Å². The first kappa shape index (κ1) is 28.0. The van der Waals surface area contributed by atoms with Gasteiger partial charge in [-0.3, -0.25) is 24.2 Å². The van der Waals surface area contributed by atoms with Gasteiger partial charge in [-0.25, -0.2) is 4.98 Å². The van der Waals surface area contributed by atoms with Gasteiger partial charge in [-0.05, 0) is 42.3 Å². The molecule has 4 rings (SSSR count). The molecule has 2 unspecified atom stereocenters. The average molecular weight is 544 g/mol. The Morgan fingerprint density at radius 2 is 1.73 bits per heavy atom. The zero-order valence-corrected chi connectivity index (χ0v) is 21.8. The van der Waals surface area contributed by atoms with Gasteiger partial charge >= 0.3 is 11.9 Å². The number of carbonyl (C=O) groups excluding carboxylic acids is 2. The fourth-order valence-corrected chi connectivity index (χ4v) is 4.26. The third-order valence-corrected chi connectivity index (χ3v) is 6.37. The van der Waals surface area contributed by atoms with Crippen LogP contribution in [0.2, 0.25) is 0 Å². The topological polar surface area (TPSA) is 164 Å². The minimum absolute atomic E-state index is 0.167. The van der Waals surface area contributed by atoms with E-state index in [-0.39, 0.29) is 24.8 Å². The molecular formula is C29H29N5O6. The van der Waals surface area contributed by atoms with Crippen LogP contribution in [-0.2, 0) is 27.3 Å². The molecule has 0 saturated carbocycles. The van der Waals surface area contributed by atoms with Crippen LogP contribution in [0, 0.1) is 0 Å². The summed E-state index contributed by atoms with van der Waals surface area (Å²) in [5.41, 5.74) is 3.30. The summed E-state index contributed by atoms with van der Waals surface area (Å²) >= 11 is 0. The highest BCUT2D eigenvalue weighted by Gasteiger charge is 2.22. The van der Waals surface area contributed by atoms with Gasteiger partial charge in [0.25, 0.3) is 5.91 Å². The Labute approximate surface area is 229 Å². The fraction of sp³-hybridized carbons (Fsp3) is 0.241. The minimum atomic E-state index is -1.14. The normalized spacial score (nSPS) is 12.4. The molecule has 2 aromatic carbocycles. The predicted octanol–water partition coefficient (Wildman–Crippen LogP) is 2.95. The van der Waals surface area contributed by atoms with Gasteiger partial charge in [0.2, 0.25) is 5.91 Å². The summed E-state index contributed by atoms with van der Waals surface area (Å²) in [6.07, 6.45) is 3.07. The maximum Gasteiger partial charge on any atom is 0.325 e. The number of amides is 2. The first-order valence-corrected chi connectivity index (χ1v) is 12.7. The Morgan fingerprint density at radius 1 is 0.950 bits per heavy atom. The van der Waals surface area contributed by atoms with Gasteiger partial charge in [0.15, 0.2) is 0 Å². The van der Waals surface area contributed by atoms with E-state index in [2.05, 4.69) is 15.6 Å². The van der Waals surface area contributed by atoms with E-state index in [1.54, 1.807) is 36.7 Å². The van der Waals surface area contributed by atoms with Crippen LogP contribution >= 0.6 is 0 Å². The molecule has 0 aliphatic rings. The molecule has 0 aliphatic carbocycles. The Morgan fingerprint density at radius 3 is 2.40 bits per heavy atom. The second-order valence-corrected chi connectivity index (χ2v) is 9.34. The van der Waals surface area contributed by atoms with Crippen molar-refractivity contribution in [2.24, 2.45) is 0 Å². The van der Waals surface area contributed by atoms with Crippen molar-refractivity contribution in [2.75, 3.05) is 0 Å². The highest BCUT2D eigenvalue weighted by Crippen LogP contribution is 2.24. The first-order valence-electron chi connectivity index (χ1n) is 12.7. The summed E-state index contributed by atoms with van der Waals surface area (Å²) in [5, 5.41) is 23.5. The van der Waals surface area contributed by atoms with Crippen molar-refractivity contribution in [3.8, 4) is 0 Å². The van der Waals surface area contributed by atoms with Gasteiger partial charge in [0.05, 0.1) is 23.5 Å². The van der Waals surface area contributed by atoms with Crippen molar-refractivity contribution < 1.29 is 29.4 Å². The molecule has 2 heterocycles. The maximum atomic E-state index is 12.7. The number of nitrogens with one attached hydrogen (secondary N) is 2. The molecule has 40 heavy (non-hydrogen) atoms. The zero-order valence-electron chi connectivity index (χ0n) is 21.8. The van der Waals surface area contributed by atoms with E-state index < -0.39 is 35.8 Å². The van der Waals surface area contributed by atoms with Crippen LogP contribution in [0.15, 0.2) is 73.1 Å². The molecule has 0 spiro atoms. The number of hydrogen-bond donors (Lipinski definition) is 4. The lowest BCUT2D eigenvalue weighted by molar-refractivity contribution is -0.139. The molecule has 2 amide bonds. The molecule has 2 atom stereocenters. The van der Waals surface area contributed by atoms with E-state index in [1.165, 1.54) is 6.92 Å². The van der Waals surface area contributed by atoms with E-state index in [4.69, 9.17) is 15.2 Å². The van der Waals surface area contributed by atoms with Crippen LogP contribution < -0.4 is 10.6 Å². The van der Waals surface area contributed by atoms with Crippen LogP contribution in [0.5, 0.6) is 0 Å². The molecular weight excluding hydrogens is 514 g/mol.